The van der Waals surface area contributed by atoms with E-state index in [-0.39, 0.29) is 29.2 Å². The molecule has 1 rings (SSSR count). The van der Waals surface area contributed by atoms with Crippen molar-refractivity contribution in [2.75, 3.05) is 13.2 Å². The zero-order valence-corrected chi connectivity index (χ0v) is 13.9. The highest BCUT2D eigenvalue weighted by Gasteiger charge is 2.53. The quantitative estimate of drug-likeness (QED) is 0.481. The monoisotopic (exact) mass is 298 g/mol. The third kappa shape index (κ3) is 5.01. The number of carbonyl (C=O) groups is 2. The molecule has 122 valence electrons. The molecule has 1 aliphatic carbocycles. The molecule has 0 aromatic heterocycles. The molecule has 0 radical (unpaired) electrons. The van der Waals surface area contributed by atoms with Crippen LogP contribution in [0.1, 0.15) is 66.2 Å². The van der Waals surface area contributed by atoms with Gasteiger partial charge >= 0.3 is 11.9 Å². The molecule has 0 aromatic carbocycles. The van der Waals surface area contributed by atoms with E-state index in [1.54, 1.807) is 0 Å². The van der Waals surface area contributed by atoms with Crippen LogP contribution in [0.2, 0.25) is 0 Å². The molecule has 2 atom stereocenters. The summed E-state index contributed by atoms with van der Waals surface area (Å²) in [6.07, 6.45) is 5.01. The van der Waals surface area contributed by atoms with Crippen molar-refractivity contribution in [1.82, 2.24) is 0 Å². The largest absolute Gasteiger partial charge is 0.466 e. The molecule has 0 saturated heterocycles. The number of rotatable bonds is 9. The maximum atomic E-state index is 12.0. The third-order valence-electron chi connectivity index (χ3n) is 4.67. The van der Waals surface area contributed by atoms with Crippen molar-refractivity contribution in [3.05, 3.63) is 0 Å². The van der Waals surface area contributed by atoms with Crippen molar-refractivity contribution in [3.8, 4) is 0 Å². The van der Waals surface area contributed by atoms with Crippen LogP contribution < -0.4 is 0 Å². The summed E-state index contributed by atoms with van der Waals surface area (Å²) < 4.78 is 10.5. The molecule has 0 N–H and O–H groups in total. The molecule has 4 nitrogen and oxygen atoms in total. The van der Waals surface area contributed by atoms with E-state index in [4.69, 9.17) is 9.47 Å². The van der Waals surface area contributed by atoms with Gasteiger partial charge in [-0.3, -0.25) is 9.59 Å². The van der Waals surface area contributed by atoms with Gasteiger partial charge in [0.2, 0.25) is 0 Å². The molecule has 1 fully saturated rings. The zero-order valence-electron chi connectivity index (χ0n) is 13.9. The Morgan fingerprint density at radius 3 is 2.14 bits per heavy atom. The maximum Gasteiger partial charge on any atom is 0.309 e. The Hall–Kier alpha value is -1.06. The van der Waals surface area contributed by atoms with E-state index in [9.17, 15) is 9.59 Å². The molecular weight excluding hydrogens is 268 g/mol. The van der Waals surface area contributed by atoms with Crippen molar-refractivity contribution < 1.29 is 19.1 Å². The Kier molecular flexibility index (Phi) is 7.20. The van der Waals surface area contributed by atoms with Gasteiger partial charge in [-0.1, -0.05) is 40.5 Å². The van der Waals surface area contributed by atoms with E-state index >= 15 is 0 Å². The molecule has 0 aliphatic heterocycles. The molecule has 0 amide bonds. The predicted molar refractivity (Wildman–Crippen MR) is 81.7 cm³/mol. The fourth-order valence-corrected chi connectivity index (χ4v) is 2.77. The molecule has 4 heteroatoms. The van der Waals surface area contributed by atoms with Crippen LogP contribution in [0.25, 0.3) is 0 Å². The first-order valence-electron chi connectivity index (χ1n) is 8.25. The maximum absolute atomic E-state index is 12.0. The summed E-state index contributed by atoms with van der Waals surface area (Å²) in [5.41, 5.74) is -0.174. The van der Waals surface area contributed by atoms with Gasteiger partial charge in [0.05, 0.1) is 19.1 Å². The number of hydrogen-bond acceptors (Lipinski definition) is 4. The van der Waals surface area contributed by atoms with Crippen molar-refractivity contribution in [2.24, 2.45) is 17.3 Å². The second-order valence-corrected chi connectivity index (χ2v) is 6.61. The number of unbranched alkanes of at least 4 members (excludes halogenated alkanes) is 2. The van der Waals surface area contributed by atoms with E-state index in [0.29, 0.717) is 19.6 Å². The molecule has 21 heavy (non-hydrogen) atoms. The smallest absolute Gasteiger partial charge is 0.309 e. The summed E-state index contributed by atoms with van der Waals surface area (Å²) in [5.74, 6) is -0.110. The lowest BCUT2D eigenvalue weighted by Crippen LogP contribution is -2.50. The average molecular weight is 298 g/mol. The highest BCUT2D eigenvalue weighted by Crippen LogP contribution is 2.53. The molecule has 0 aromatic rings. The molecular formula is C17H30O4. The highest BCUT2D eigenvalue weighted by molar-refractivity contribution is 5.76. The Morgan fingerprint density at radius 1 is 1.05 bits per heavy atom. The van der Waals surface area contributed by atoms with E-state index in [0.717, 1.165) is 32.1 Å². The second-order valence-electron chi connectivity index (χ2n) is 6.61. The average Bonchev–Trinajstić information content (AvgIpc) is 2.43. The van der Waals surface area contributed by atoms with Crippen LogP contribution >= 0.6 is 0 Å². The summed E-state index contributed by atoms with van der Waals surface area (Å²) in [7, 11) is 0. The van der Waals surface area contributed by atoms with Crippen molar-refractivity contribution in [1.29, 1.82) is 0 Å². The lowest BCUT2D eigenvalue weighted by molar-refractivity contribution is -0.170. The Labute approximate surface area is 128 Å². The number of hydrogen-bond donors (Lipinski definition) is 0. The minimum Gasteiger partial charge on any atom is -0.466 e. The Balaban J connectivity index is 2.34. The normalized spacial score (nSPS) is 23.2. The first-order valence-corrected chi connectivity index (χ1v) is 8.25. The minimum absolute atomic E-state index is 0.0807. The Morgan fingerprint density at radius 2 is 1.62 bits per heavy atom. The van der Waals surface area contributed by atoms with Gasteiger partial charge in [-0.05, 0) is 30.6 Å². The second kappa shape index (κ2) is 8.40. The van der Waals surface area contributed by atoms with Crippen LogP contribution in [0.3, 0.4) is 0 Å². The van der Waals surface area contributed by atoms with Gasteiger partial charge in [0, 0.05) is 6.42 Å². The van der Waals surface area contributed by atoms with E-state index in [2.05, 4.69) is 13.8 Å². The summed E-state index contributed by atoms with van der Waals surface area (Å²) in [6, 6.07) is 0. The first-order chi connectivity index (χ1) is 9.93. The first kappa shape index (κ1) is 18.0. The molecule has 1 aliphatic rings. The summed E-state index contributed by atoms with van der Waals surface area (Å²) in [6.45, 7) is 9.24. The summed E-state index contributed by atoms with van der Waals surface area (Å²) >= 11 is 0. The Bertz CT molecular complexity index is 349. The zero-order chi connectivity index (χ0) is 15.9. The van der Waals surface area contributed by atoms with Crippen molar-refractivity contribution in [3.63, 3.8) is 0 Å². The van der Waals surface area contributed by atoms with Gasteiger partial charge in [0.1, 0.15) is 0 Å². The number of esters is 2. The van der Waals surface area contributed by atoms with Gasteiger partial charge < -0.3 is 9.47 Å². The van der Waals surface area contributed by atoms with Gasteiger partial charge in [-0.15, -0.1) is 0 Å². The van der Waals surface area contributed by atoms with Gasteiger partial charge in [-0.2, -0.15) is 0 Å². The van der Waals surface area contributed by atoms with Gasteiger partial charge in [0.25, 0.3) is 0 Å². The number of carbonyl (C=O) groups excluding carboxylic acids is 2. The lowest BCUT2D eigenvalue weighted by atomic mass is 9.54. The molecule has 0 bridgehead atoms. The van der Waals surface area contributed by atoms with Gasteiger partial charge in [-0.25, -0.2) is 0 Å². The topological polar surface area (TPSA) is 52.6 Å². The predicted octanol–water partition coefficient (Wildman–Crippen LogP) is 3.73. The van der Waals surface area contributed by atoms with Crippen LogP contribution in [0, 0.1) is 17.3 Å². The van der Waals surface area contributed by atoms with Gasteiger partial charge in [0.15, 0.2) is 0 Å². The fourth-order valence-electron chi connectivity index (χ4n) is 2.77. The van der Waals surface area contributed by atoms with Crippen LogP contribution in [-0.2, 0) is 19.1 Å². The van der Waals surface area contributed by atoms with Crippen LogP contribution in [0.4, 0.5) is 0 Å². The fraction of sp³-hybridized carbons (Fsp3) is 0.882. The molecule has 2 unspecified atom stereocenters. The van der Waals surface area contributed by atoms with E-state index in [1.807, 2.05) is 13.8 Å². The van der Waals surface area contributed by atoms with E-state index in [1.165, 1.54) is 0 Å². The van der Waals surface area contributed by atoms with Crippen LogP contribution in [-0.4, -0.2) is 25.2 Å². The van der Waals surface area contributed by atoms with Crippen molar-refractivity contribution >= 4 is 11.9 Å². The third-order valence-corrected chi connectivity index (χ3v) is 4.67. The van der Waals surface area contributed by atoms with Crippen LogP contribution in [0.15, 0.2) is 0 Å². The minimum atomic E-state index is -0.174. The SMILES string of the molecule is CCCCOC(=O)CC1CC(C(=O)OCCCC)C1(C)C. The highest BCUT2D eigenvalue weighted by atomic mass is 16.5. The summed E-state index contributed by atoms with van der Waals surface area (Å²) in [5, 5.41) is 0. The summed E-state index contributed by atoms with van der Waals surface area (Å²) in [4.78, 5) is 23.8. The molecule has 0 heterocycles. The van der Waals surface area contributed by atoms with E-state index < -0.39 is 0 Å². The molecule has 1 saturated carbocycles. The lowest BCUT2D eigenvalue weighted by Gasteiger charge is -2.50. The van der Waals surface area contributed by atoms with Crippen molar-refractivity contribution in [2.45, 2.75) is 66.2 Å². The molecule has 0 spiro atoms. The standard InChI is InChI=1S/C17H30O4/c1-5-7-9-20-15(18)12-13-11-14(17(13,3)4)16(19)21-10-8-6-2/h13-14H,5-12H2,1-4H3. The number of ether oxygens (including phenoxy) is 2. The van der Waals surface area contributed by atoms with Crippen LogP contribution in [0.5, 0.6) is 0 Å².